The predicted molar refractivity (Wildman–Crippen MR) is 132 cm³/mol. The van der Waals surface area contributed by atoms with Crippen molar-refractivity contribution in [1.82, 2.24) is 0 Å². The predicted octanol–water partition coefficient (Wildman–Crippen LogP) is 6.35. The van der Waals surface area contributed by atoms with Crippen LogP contribution in [0.5, 0.6) is 0 Å². The third-order valence-electron chi connectivity index (χ3n) is 7.46. The van der Waals surface area contributed by atoms with E-state index in [0.717, 1.165) is 35.9 Å². The van der Waals surface area contributed by atoms with Crippen molar-refractivity contribution in [3.8, 4) is 0 Å². The van der Waals surface area contributed by atoms with Gasteiger partial charge in [-0.2, -0.15) is 0 Å². The highest BCUT2D eigenvalue weighted by molar-refractivity contribution is 6.69. The molecule has 1 aliphatic carbocycles. The van der Waals surface area contributed by atoms with Crippen LogP contribution in [-0.2, 0) is 9.31 Å². The summed E-state index contributed by atoms with van der Waals surface area (Å²) in [6.07, 6.45) is 3.41. The molecule has 0 aromatic heterocycles. The van der Waals surface area contributed by atoms with Crippen molar-refractivity contribution >= 4 is 24.2 Å². The van der Waals surface area contributed by atoms with Gasteiger partial charge in [-0.3, -0.25) is 9.59 Å². The Bertz CT molecular complexity index is 1050. The number of carbonyl (C=O) groups excluding carboxylic acids is 2. The Morgan fingerprint density at radius 3 is 2.03 bits per heavy atom. The molecule has 2 fully saturated rings. The number of hydrogen-bond acceptors (Lipinski definition) is 4. The molecule has 0 amide bonds. The summed E-state index contributed by atoms with van der Waals surface area (Å²) in [5.74, 6) is 0.359. The number of allylic oxidation sites excluding steroid dienone is 1. The Labute approximate surface area is 197 Å². The topological polar surface area (TPSA) is 52.6 Å². The molecular weight excluding hydrogens is 411 g/mol. The molecule has 4 rings (SSSR count). The molecule has 0 spiro atoms. The summed E-state index contributed by atoms with van der Waals surface area (Å²) in [4.78, 5) is 24.8. The number of rotatable bonds is 6. The lowest BCUT2D eigenvalue weighted by atomic mass is 9.69. The molecule has 1 atom stereocenters. The molecule has 1 saturated heterocycles. The molecule has 0 radical (unpaired) electrons. The summed E-state index contributed by atoms with van der Waals surface area (Å²) < 4.78 is 13.0. The molecular formula is C28H33BO4. The van der Waals surface area contributed by atoms with Gasteiger partial charge in [0, 0.05) is 17.5 Å². The lowest BCUT2D eigenvalue weighted by Crippen LogP contribution is -2.41. The summed E-state index contributed by atoms with van der Waals surface area (Å²) >= 11 is 0. The molecule has 0 bridgehead atoms. The van der Waals surface area contributed by atoms with E-state index in [1.807, 2.05) is 54.6 Å². The van der Waals surface area contributed by atoms with Crippen LogP contribution < -0.4 is 0 Å². The fourth-order valence-corrected chi connectivity index (χ4v) is 4.78. The van der Waals surface area contributed by atoms with Gasteiger partial charge in [0.1, 0.15) is 0 Å². The maximum atomic E-state index is 13.0. The van der Waals surface area contributed by atoms with Crippen LogP contribution >= 0.6 is 0 Å². The van der Waals surface area contributed by atoms with Crippen molar-refractivity contribution < 1.29 is 18.9 Å². The first-order valence-corrected chi connectivity index (χ1v) is 11.9. The first-order chi connectivity index (χ1) is 15.6. The van der Waals surface area contributed by atoms with E-state index in [2.05, 4.69) is 27.7 Å². The number of carbonyl (C=O) groups is 2. The number of Topliss-reactive ketones (excluding diaryl/α,β-unsaturated/α-hetero) is 2. The van der Waals surface area contributed by atoms with Gasteiger partial charge < -0.3 is 9.31 Å². The minimum atomic E-state index is -0.513. The molecule has 1 heterocycles. The van der Waals surface area contributed by atoms with E-state index >= 15 is 0 Å². The normalized spacial score (nSPS) is 22.9. The molecule has 0 unspecified atom stereocenters. The highest BCUT2D eigenvalue weighted by atomic mass is 16.7. The van der Waals surface area contributed by atoms with E-state index in [-0.39, 0.29) is 17.5 Å². The summed E-state index contributed by atoms with van der Waals surface area (Å²) in [5.41, 5.74) is 3.77. The molecule has 5 heteroatoms. The summed E-state index contributed by atoms with van der Waals surface area (Å²) in [5, 5.41) is 0. The smallest absolute Gasteiger partial charge is 0.399 e. The van der Waals surface area contributed by atoms with Gasteiger partial charge in [-0.15, -0.1) is 0 Å². The minimum absolute atomic E-state index is 0.0404. The van der Waals surface area contributed by atoms with Crippen molar-refractivity contribution in [3.05, 3.63) is 76.9 Å². The van der Waals surface area contributed by atoms with Crippen molar-refractivity contribution in [3.63, 3.8) is 0 Å². The second-order valence-corrected chi connectivity index (χ2v) is 10.2. The molecule has 172 valence electrons. The quantitative estimate of drug-likeness (QED) is 0.385. The van der Waals surface area contributed by atoms with Gasteiger partial charge in [0.2, 0.25) is 0 Å². The van der Waals surface area contributed by atoms with E-state index in [4.69, 9.17) is 9.31 Å². The Morgan fingerprint density at radius 2 is 1.45 bits per heavy atom. The summed E-state index contributed by atoms with van der Waals surface area (Å²) in [6.45, 7) is 9.79. The fraction of sp³-hybridized carbons (Fsp3) is 0.429. The Kier molecular flexibility index (Phi) is 6.48. The molecule has 1 saturated carbocycles. The van der Waals surface area contributed by atoms with Crippen molar-refractivity contribution in [2.24, 2.45) is 5.92 Å². The van der Waals surface area contributed by atoms with E-state index in [1.165, 1.54) is 5.57 Å². The molecule has 2 aromatic rings. The fourth-order valence-electron chi connectivity index (χ4n) is 4.78. The first kappa shape index (κ1) is 23.7. The molecule has 2 aliphatic rings. The van der Waals surface area contributed by atoms with Gasteiger partial charge in [0.05, 0.1) is 11.2 Å². The maximum absolute atomic E-state index is 13.0. The summed E-state index contributed by atoms with van der Waals surface area (Å²) in [7, 11) is -0.513. The van der Waals surface area contributed by atoms with Crippen LogP contribution in [0, 0.1) is 5.92 Å². The van der Waals surface area contributed by atoms with Crippen molar-refractivity contribution in [2.45, 2.75) is 71.5 Å². The van der Waals surface area contributed by atoms with E-state index in [9.17, 15) is 9.59 Å². The lowest BCUT2D eigenvalue weighted by Gasteiger charge is -2.32. The second kappa shape index (κ2) is 9.04. The molecule has 1 aliphatic heterocycles. The van der Waals surface area contributed by atoms with Crippen LogP contribution in [0.15, 0.2) is 60.2 Å². The zero-order valence-corrected chi connectivity index (χ0v) is 20.3. The highest BCUT2D eigenvalue weighted by Gasteiger charge is 2.53. The van der Waals surface area contributed by atoms with E-state index in [1.54, 1.807) is 6.92 Å². The Hall–Kier alpha value is -2.50. The monoisotopic (exact) mass is 444 g/mol. The maximum Gasteiger partial charge on any atom is 0.495 e. The van der Waals surface area contributed by atoms with E-state index < -0.39 is 18.3 Å². The first-order valence-electron chi connectivity index (χ1n) is 11.9. The SMILES string of the molecule is CC(=O)c1ccc(/C(B2OC(C)(C)C(C)(C)O2)=C2\CCC[C@H]2CC(=O)c2ccccc2)cc1. The lowest BCUT2D eigenvalue weighted by molar-refractivity contribution is 0.00578. The average Bonchev–Trinajstić information content (AvgIpc) is 3.30. The summed E-state index contributed by atoms with van der Waals surface area (Å²) in [6, 6.07) is 17.2. The largest absolute Gasteiger partial charge is 0.495 e. The Balaban J connectivity index is 1.74. The van der Waals surface area contributed by atoms with Crippen LogP contribution in [-0.4, -0.2) is 29.9 Å². The molecule has 2 aromatic carbocycles. The molecule has 33 heavy (non-hydrogen) atoms. The third kappa shape index (κ3) is 4.76. The minimum Gasteiger partial charge on any atom is -0.399 e. The van der Waals surface area contributed by atoms with Crippen LogP contribution in [0.1, 0.15) is 86.6 Å². The van der Waals surface area contributed by atoms with E-state index in [0.29, 0.717) is 12.0 Å². The van der Waals surface area contributed by atoms with Crippen LogP contribution in [0.3, 0.4) is 0 Å². The van der Waals surface area contributed by atoms with Gasteiger partial charge >= 0.3 is 7.12 Å². The van der Waals surface area contributed by atoms with Crippen LogP contribution in [0.25, 0.3) is 5.47 Å². The van der Waals surface area contributed by atoms with Gasteiger partial charge in [-0.25, -0.2) is 0 Å². The zero-order chi connectivity index (χ0) is 23.8. The van der Waals surface area contributed by atoms with Crippen molar-refractivity contribution in [2.75, 3.05) is 0 Å². The average molecular weight is 444 g/mol. The second-order valence-electron chi connectivity index (χ2n) is 10.2. The van der Waals surface area contributed by atoms with Crippen LogP contribution in [0.2, 0.25) is 0 Å². The zero-order valence-electron chi connectivity index (χ0n) is 20.3. The Morgan fingerprint density at radius 1 is 0.879 bits per heavy atom. The van der Waals surface area contributed by atoms with Gasteiger partial charge in [0.15, 0.2) is 11.6 Å². The standard InChI is InChI=1S/C28H33BO4/c1-19(30)20-14-16-22(17-15-20)26(29-32-27(2,3)28(4,5)33-29)24-13-9-12-23(24)18-25(31)21-10-7-6-8-11-21/h6-8,10-11,14-17,23H,9,12-13,18H2,1-5H3/b26-24-/t23-/m0/s1. The third-order valence-corrected chi connectivity index (χ3v) is 7.46. The van der Waals surface area contributed by atoms with Gasteiger partial charge in [0.25, 0.3) is 0 Å². The van der Waals surface area contributed by atoms with Crippen molar-refractivity contribution in [1.29, 1.82) is 0 Å². The van der Waals surface area contributed by atoms with Gasteiger partial charge in [-0.1, -0.05) is 60.2 Å². The number of benzene rings is 2. The number of ketones is 2. The molecule has 0 N–H and O–H groups in total. The number of hydrogen-bond donors (Lipinski definition) is 0. The van der Waals surface area contributed by atoms with Gasteiger partial charge in [-0.05, 0) is 70.8 Å². The highest BCUT2D eigenvalue weighted by Crippen LogP contribution is 2.46. The molecule has 4 nitrogen and oxygen atoms in total. The van der Waals surface area contributed by atoms with Crippen LogP contribution in [0.4, 0.5) is 0 Å².